The summed E-state index contributed by atoms with van der Waals surface area (Å²) in [5, 5.41) is 9.46. The highest BCUT2D eigenvalue weighted by Crippen LogP contribution is 2.43. The molecule has 1 saturated carbocycles. The van der Waals surface area contributed by atoms with Crippen molar-refractivity contribution in [3.63, 3.8) is 0 Å². The average Bonchev–Trinajstić information content (AvgIpc) is 2.68. The number of aliphatic hydroxyl groups excluding tert-OH is 1. The van der Waals surface area contributed by atoms with Crippen LogP contribution in [0.15, 0.2) is 18.7 Å². The largest absolute Gasteiger partial charge is 0.393 e. The average molecular weight is 234 g/mol. The van der Waals surface area contributed by atoms with Crippen LogP contribution in [0.1, 0.15) is 25.3 Å². The number of rotatable bonds is 1. The molecular weight excluding hydrogens is 221 g/mol. The lowest BCUT2D eigenvalue weighted by atomic mass is 9.82. The molecule has 1 aromatic rings. The van der Waals surface area contributed by atoms with E-state index in [9.17, 15) is 18.3 Å². The molecule has 0 amide bonds. The topological polar surface area (TPSA) is 38.0 Å². The molecule has 0 aromatic carbocycles. The highest BCUT2D eigenvalue weighted by atomic mass is 19.4. The van der Waals surface area contributed by atoms with Crippen LogP contribution in [0.5, 0.6) is 0 Å². The summed E-state index contributed by atoms with van der Waals surface area (Å²) in [5.41, 5.74) is 0. The SMILES string of the molecule is OC1CCC(C(F)(F)F)C(n2ccnc2)C1. The summed E-state index contributed by atoms with van der Waals surface area (Å²) < 4.78 is 39.8. The van der Waals surface area contributed by atoms with Gasteiger partial charge in [0.2, 0.25) is 0 Å². The molecule has 1 aliphatic rings. The molecule has 0 bridgehead atoms. The molecule has 2 rings (SSSR count). The molecule has 1 N–H and O–H groups in total. The van der Waals surface area contributed by atoms with E-state index in [0.29, 0.717) is 0 Å². The van der Waals surface area contributed by atoms with E-state index in [-0.39, 0.29) is 19.3 Å². The van der Waals surface area contributed by atoms with Crippen LogP contribution in [-0.2, 0) is 0 Å². The summed E-state index contributed by atoms with van der Waals surface area (Å²) >= 11 is 0. The lowest BCUT2D eigenvalue weighted by molar-refractivity contribution is -0.198. The van der Waals surface area contributed by atoms with Crippen molar-refractivity contribution in [2.75, 3.05) is 0 Å². The monoisotopic (exact) mass is 234 g/mol. The molecule has 16 heavy (non-hydrogen) atoms. The van der Waals surface area contributed by atoms with Crippen LogP contribution < -0.4 is 0 Å². The molecule has 0 saturated heterocycles. The Morgan fingerprint density at radius 1 is 1.31 bits per heavy atom. The molecule has 1 aliphatic carbocycles. The number of aliphatic hydroxyl groups is 1. The molecule has 90 valence electrons. The van der Waals surface area contributed by atoms with Crippen molar-refractivity contribution in [1.29, 1.82) is 0 Å². The van der Waals surface area contributed by atoms with E-state index in [1.54, 1.807) is 0 Å². The maximum atomic E-state index is 12.8. The second kappa shape index (κ2) is 4.08. The van der Waals surface area contributed by atoms with Crippen LogP contribution in [-0.4, -0.2) is 26.9 Å². The Morgan fingerprint density at radius 2 is 2.06 bits per heavy atom. The van der Waals surface area contributed by atoms with Gasteiger partial charge in [0.1, 0.15) is 0 Å². The second-order valence-electron chi connectivity index (χ2n) is 4.19. The van der Waals surface area contributed by atoms with Crippen molar-refractivity contribution in [3.05, 3.63) is 18.7 Å². The van der Waals surface area contributed by atoms with E-state index in [1.807, 2.05) is 0 Å². The number of nitrogens with zero attached hydrogens (tertiary/aromatic N) is 2. The first-order valence-corrected chi connectivity index (χ1v) is 5.20. The number of aromatic nitrogens is 2. The molecule has 1 heterocycles. The summed E-state index contributed by atoms with van der Waals surface area (Å²) in [6.45, 7) is 0. The zero-order chi connectivity index (χ0) is 11.8. The van der Waals surface area contributed by atoms with Gasteiger partial charge in [0.05, 0.1) is 18.3 Å². The Morgan fingerprint density at radius 3 is 2.62 bits per heavy atom. The molecule has 0 aliphatic heterocycles. The zero-order valence-electron chi connectivity index (χ0n) is 8.56. The molecule has 1 aromatic heterocycles. The number of alkyl halides is 3. The third kappa shape index (κ3) is 2.21. The van der Waals surface area contributed by atoms with E-state index in [2.05, 4.69) is 4.98 Å². The lowest BCUT2D eigenvalue weighted by Crippen LogP contribution is -2.38. The molecular formula is C10H13F3N2O. The first-order chi connectivity index (χ1) is 7.48. The third-order valence-electron chi connectivity index (χ3n) is 3.12. The van der Waals surface area contributed by atoms with Gasteiger partial charge in [0, 0.05) is 18.4 Å². The van der Waals surface area contributed by atoms with Gasteiger partial charge in [-0.25, -0.2) is 4.98 Å². The van der Waals surface area contributed by atoms with E-state index in [0.717, 1.165) is 0 Å². The van der Waals surface area contributed by atoms with Crippen LogP contribution in [0.4, 0.5) is 13.2 Å². The molecule has 0 spiro atoms. The van der Waals surface area contributed by atoms with Gasteiger partial charge in [-0.1, -0.05) is 0 Å². The molecule has 6 heteroatoms. The Labute approximate surface area is 90.9 Å². The standard InChI is InChI=1S/C10H13F3N2O/c11-10(12,13)8-2-1-7(16)5-9(8)15-4-3-14-6-15/h3-4,6-9,16H,1-2,5H2. The number of halogens is 3. The van der Waals surface area contributed by atoms with E-state index in [4.69, 9.17) is 0 Å². The Balaban J connectivity index is 2.23. The zero-order valence-corrected chi connectivity index (χ0v) is 8.56. The van der Waals surface area contributed by atoms with Crippen molar-refractivity contribution < 1.29 is 18.3 Å². The quantitative estimate of drug-likeness (QED) is 0.808. The predicted molar refractivity (Wildman–Crippen MR) is 50.7 cm³/mol. The number of hydrogen-bond acceptors (Lipinski definition) is 2. The minimum absolute atomic E-state index is 0.0203. The predicted octanol–water partition coefficient (Wildman–Crippen LogP) is 2.15. The molecule has 1 fully saturated rings. The fourth-order valence-electron chi connectivity index (χ4n) is 2.30. The summed E-state index contributed by atoms with van der Waals surface area (Å²) in [5.74, 6) is -1.38. The van der Waals surface area contributed by atoms with Gasteiger partial charge < -0.3 is 9.67 Å². The summed E-state index contributed by atoms with van der Waals surface area (Å²) in [7, 11) is 0. The Bertz CT molecular complexity index is 336. The van der Waals surface area contributed by atoms with E-state index >= 15 is 0 Å². The minimum atomic E-state index is -4.21. The summed E-state index contributed by atoms with van der Waals surface area (Å²) in [6, 6.07) is -0.730. The van der Waals surface area contributed by atoms with Gasteiger partial charge in [-0.3, -0.25) is 0 Å². The first-order valence-electron chi connectivity index (χ1n) is 5.20. The van der Waals surface area contributed by atoms with Crippen LogP contribution in [0.25, 0.3) is 0 Å². The molecule has 3 atom stereocenters. The second-order valence-corrected chi connectivity index (χ2v) is 4.19. The van der Waals surface area contributed by atoms with Crippen molar-refractivity contribution in [3.8, 4) is 0 Å². The highest BCUT2D eigenvalue weighted by molar-refractivity contribution is 4.91. The van der Waals surface area contributed by atoms with E-state index in [1.165, 1.54) is 23.3 Å². The fraction of sp³-hybridized carbons (Fsp3) is 0.700. The van der Waals surface area contributed by atoms with Crippen LogP contribution in [0.2, 0.25) is 0 Å². The first kappa shape index (κ1) is 11.4. The number of imidazole rings is 1. The Kier molecular flexibility index (Phi) is 2.92. The van der Waals surface area contributed by atoms with Gasteiger partial charge in [0.15, 0.2) is 0 Å². The van der Waals surface area contributed by atoms with Crippen molar-refractivity contribution >= 4 is 0 Å². The number of hydrogen-bond donors (Lipinski definition) is 1. The summed E-state index contributed by atoms with van der Waals surface area (Å²) in [4.78, 5) is 3.75. The minimum Gasteiger partial charge on any atom is -0.393 e. The van der Waals surface area contributed by atoms with Gasteiger partial charge in [-0.05, 0) is 19.3 Å². The fourth-order valence-corrected chi connectivity index (χ4v) is 2.30. The maximum Gasteiger partial charge on any atom is 0.393 e. The normalized spacial score (nSPS) is 31.6. The van der Waals surface area contributed by atoms with Gasteiger partial charge in [-0.2, -0.15) is 13.2 Å². The van der Waals surface area contributed by atoms with Crippen LogP contribution in [0, 0.1) is 5.92 Å². The van der Waals surface area contributed by atoms with Gasteiger partial charge in [0.25, 0.3) is 0 Å². The van der Waals surface area contributed by atoms with Crippen LogP contribution in [0.3, 0.4) is 0 Å². The maximum absolute atomic E-state index is 12.8. The Hall–Kier alpha value is -1.04. The van der Waals surface area contributed by atoms with Crippen LogP contribution >= 0.6 is 0 Å². The lowest BCUT2D eigenvalue weighted by Gasteiger charge is -2.35. The highest BCUT2D eigenvalue weighted by Gasteiger charge is 2.47. The van der Waals surface area contributed by atoms with Crippen molar-refractivity contribution in [1.82, 2.24) is 9.55 Å². The van der Waals surface area contributed by atoms with Gasteiger partial charge in [-0.15, -0.1) is 0 Å². The summed E-state index contributed by atoms with van der Waals surface area (Å²) in [6.07, 6.45) is -0.179. The van der Waals surface area contributed by atoms with Gasteiger partial charge >= 0.3 is 6.18 Å². The van der Waals surface area contributed by atoms with E-state index < -0.39 is 24.2 Å². The third-order valence-corrected chi connectivity index (χ3v) is 3.12. The molecule has 0 radical (unpaired) electrons. The molecule has 3 nitrogen and oxygen atoms in total. The molecule has 3 unspecified atom stereocenters. The van der Waals surface area contributed by atoms with Crippen molar-refractivity contribution in [2.24, 2.45) is 5.92 Å². The smallest absolute Gasteiger partial charge is 0.393 e. The van der Waals surface area contributed by atoms with Crippen molar-refractivity contribution in [2.45, 2.75) is 37.6 Å².